The lowest BCUT2D eigenvalue weighted by atomic mass is 10.0. The maximum absolute atomic E-state index is 14.4. The summed E-state index contributed by atoms with van der Waals surface area (Å²) in [4.78, 5) is 21.3. The highest BCUT2D eigenvalue weighted by molar-refractivity contribution is 7.90. The van der Waals surface area contributed by atoms with E-state index < -0.39 is 21.7 Å². The fraction of sp³-hybridized carbons (Fsp3) is 0.571. The van der Waals surface area contributed by atoms with Crippen LogP contribution in [0.2, 0.25) is 0 Å². The summed E-state index contributed by atoms with van der Waals surface area (Å²) < 4.78 is 42.8. The third-order valence-corrected chi connectivity index (χ3v) is 7.16. The molecule has 0 radical (unpaired) electrons. The van der Waals surface area contributed by atoms with E-state index in [-0.39, 0.29) is 22.5 Å². The van der Waals surface area contributed by atoms with Crippen molar-refractivity contribution in [3.63, 3.8) is 0 Å². The van der Waals surface area contributed by atoms with Crippen molar-refractivity contribution in [2.75, 3.05) is 36.1 Å². The number of sulfone groups is 1. The van der Waals surface area contributed by atoms with E-state index in [4.69, 9.17) is 4.52 Å². The molecular formula is C21H28FN5O4S. The van der Waals surface area contributed by atoms with Crippen LogP contribution in [-0.2, 0) is 21.1 Å². The van der Waals surface area contributed by atoms with E-state index >= 15 is 0 Å². The molecule has 0 saturated carbocycles. The molecule has 32 heavy (non-hydrogen) atoms. The van der Waals surface area contributed by atoms with Crippen molar-refractivity contribution >= 4 is 27.4 Å². The maximum Gasteiger partial charge on any atom is 0.266 e. The highest BCUT2D eigenvalue weighted by Crippen LogP contribution is 2.27. The zero-order valence-corrected chi connectivity index (χ0v) is 19.1. The summed E-state index contributed by atoms with van der Waals surface area (Å²) in [5.74, 6) is 0.507. The second kappa shape index (κ2) is 9.05. The van der Waals surface area contributed by atoms with Gasteiger partial charge in [0.05, 0.1) is 10.6 Å². The Hall–Kier alpha value is -2.69. The number of benzene rings is 1. The van der Waals surface area contributed by atoms with Crippen LogP contribution in [0, 0.1) is 5.82 Å². The standard InChI is InChI=1S/C21H28FN5O4S/c1-3-4-19-24-21(25-31-19)26-10-7-14(8-11-26)27-12-9-18(20(27)28)23-17-6-5-15(13-16(17)22)32(2,29)30/h5-6,13-14,18,23H,3-4,7-12H2,1-2H3. The molecule has 3 heterocycles. The number of halogens is 1. The Kier molecular flexibility index (Phi) is 6.36. The van der Waals surface area contributed by atoms with E-state index in [1.165, 1.54) is 12.1 Å². The van der Waals surface area contributed by atoms with E-state index in [0.29, 0.717) is 24.8 Å². The van der Waals surface area contributed by atoms with Gasteiger partial charge in [0.25, 0.3) is 5.95 Å². The molecule has 1 unspecified atom stereocenters. The topological polar surface area (TPSA) is 109 Å². The maximum atomic E-state index is 14.4. The molecule has 9 nitrogen and oxygen atoms in total. The van der Waals surface area contributed by atoms with Crippen LogP contribution in [0.5, 0.6) is 0 Å². The Balaban J connectivity index is 1.34. The molecule has 1 N–H and O–H groups in total. The Bertz CT molecular complexity index is 1080. The molecule has 0 bridgehead atoms. The number of likely N-dealkylation sites (tertiary alicyclic amines) is 1. The van der Waals surface area contributed by atoms with Crippen LogP contribution in [0.1, 0.15) is 38.5 Å². The van der Waals surface area contributed by atoms with Gasteiger partial charge in [0, 0.05) is 38.4 Å². The van der Waals surface area contributed by atoms with Gasteiger partial charge in [0.15, 0.2) is 9.84 Å². The molecule has 2 aliphatic heterocycles. The minimum atomic E-state index is -3.49. The van der Waals surface area contributed by atoms with Crippen molar-refractivity contribution in [1.29, 1.82) is 0 Å². The average molecular weight is 466 g/mol. The van der Waals surface area contributed by atoms with Gasteiger partial charge < -0.3 is 19.6 Å². The third-order valence-electron chi connectivity index (χ3n) is 6.05. The fourth-order valence-electron chi connectivity index (χ4n) is 4.30. The Morgan fingerprint density at radius 2 is 1.97 bits per heavy atom. The number of rotatable bonds is 7. The number of carbonyl (C=O) groups is 1. The Labute approximate surface area is 186 Å². The SMILES string of the molecule is CCCc1nc(N2CCC(N3CCC(Nc4ccc(S(C)(=O)=O)cc4F)C3=O)CC2)no1. The zero-order valence-electron chi connectivity index (χ0n) is 18.3. The second-order valence-electron chi connectivity index (χ2n) is 8.39. The molecule has 2 fully saturated rings. The third kappa shape index (κ3) is 4.72. The first-order valence-corrected chi connectivity index (χ1v) is 12.8. The molecule has 4 rings (SSSR count). The van der Waals surface area contributed by atoms with Gasteiger partial charge in [-0.3, -0.25) is 4.79 Å². The summed E-state index contributed by atoms with van der Waals surface area (Å²) in [5.41, 5.74) is 0.132. The number of aryl methyl sites for hydroxylation is 1. The van der Waals surface area contributed by atoms with Gasteiger partial charge in [-0.2, -0.15) is 4.98 Å². The summed E-state index contributed by atoms with van der Waals surface area (Å²) in [6, 6.07) is 3.29. The molecule has 1 atom stereocenters. The average Bonchev–Trinajstić information content (AvgIpc) is 3.36. The predicted octanol–water partition coefficient (Wildman–Crippen LogP) is 2.25. The zero-order chi connectivity index (χ0) is 22.9. The number of aromatic nitrogens is 2. The number of hydrogen-bond acceptors (Lipinski definition) is 8. The highest BCUT2D eigenvalue weighted by Gasteiger charge is 2.38. The second-order valence-corrected chi connectivity index (χ2v) is 10.4. The molecule has 2 aliphatic rings. The van der Waals surface area contributed by atoms with E-state index in [1.54, 1.807) is 0 Å². The number of nitrogens with one attached hydrogen (secondary N) is 1. The summed E-state index contributed by atoms with van der Waals surface area (Å²) in [5, 5.41) is 7.01. The summed E-state index contributed by atoms with van der Waals surface area (Å²) >= 11 is 0. The van der Waals surface area contributed by atoms with Crippen LogP contribution >= 0.6 is 0 Å². The lowest BCUT2D eigenvalue weighted by molar-refractivity contribution is -0.130. The molecule has 0 spiro atoms. The fourth-order valence-corrected chi connectivity index (χ4v) is 4.93. The van der Waals surface area contributed by atoms with Gasteiger partial charge in [0.2, 0.25) is 11.8 Å². The molecule has 1 aromatic heterocycles. The van der Waals surface area contributed by atoms with Crippen molar-refractivity contribution in [3.05, 3.63) is 29.9 Å². The number of hydrogen-bond donors (Lipinski definition) is 1. The monoisotopic (exact) mass is 465 g/mol. The van der Waals surface area contributed by atoms with Crippen molar-refractivity contribution in [2.45, 2.75) is 56.0 Å². The van der Waals surface area contributed by atoms with Crippen molar-refractivity contribution in [3.8, 4) is 0 Å². The number of nitrogens with zero attached hydrogens (tertiary/aromatic N) is 4. The largest absolute Gasteiger partial charge is 0.371 e. The van der Waals surface area contributed by atoms with Crippen LogP contribution in [-0.4, -0.2) is 67.3 Å². The quantitative estimate of drug-likeness (QED) is 0.663. The number of piperidine rings is 1. The van der Waals surface area contributed by atoms with E-state index in [0.717, 1.165) is 51.1 Å². The molecule has 2 saturated heterocycles. The Morgan fingerprint density at radius 3 is 2.62 bits per heavy atom. The first kappa shape index (κ1) is 22.5. The number of amides is 1. The van der Waals surface area contributed by atoms with Crippen LogP contribution in [0.15, 0.2) is 27.6 Å². The predicted molar refractivity (Wildman–Crippen MR) is 117 cm³/mol. The highest BCUT2D eigenvalue weighted by atomic mass is 32.2. The molecule has 1 aromatic carbocycles. The van der Waals surface area contributed by atoms with E-state index in [1.807, 2.05) is 4.90 Å². The molecule has 2 aromatic rings. The van der Waals surface area contributed by atoms with Crippen molar-refractivity contribution in [1.82, 2.24) is 15.0 Å². The van der Waals surface area contributed by atoms with E-state index in [2.05, 4.69) is 27.3 Å². The summed E-state index contributed by atoms with van der Waals surface area (Å²) in [6.07, 6.45) is 4.90. The molecule has 11 heteroatoms. The Morgan fingerprint density at radius 1 is 1.22 bits per heavy atom. The summed E-state index contributed by atoms with van der Waals surface area (Å²) in [7, 11) is -3.49. The normalized spacial score (nSPS) is 20.2. The van der Waals surface area contributed by atoms with Crippen LogP contribution in [0.4, 0.5) is 16.0 Å². The minimum absolute atomic E-state index is 0.0557. The lowest BCUT2D eigenvalue weighted by Crippen LogP contribution is -2.47. The van der Waals surface area contributed by atoms with Crippen molar-refractivity contribution in [2.24, 2.45) is 0 Å². The number of anilines is 2. The molecule has 1 amide bonds. The van der Waals surface area contributed by atoms with Gasteiger partial charge in [-0.25, -0.2) is 12.8 Å². The van der Waals surface area contributed by atoms with Crippen LogP contribution in [0.25, 0.3) is 0 Å². The van der Waals surface area contributed by atoms with Gasteiger partial charge in [-0.15, -0.1) is 0 Å². The van der Waals surface area contributed by atoms with Gasteiger partial charge in [-0.1, -0.05) is 6.92 Å². The molecule has 174 valence electrons. The lowest BCUT2D eigenvalue weighted by Gasteiger charge is -2.36. The van der Waals surface area contributed by atoms with Crippen LogP contribution in [0.3, 0.4) is 0 Å². The van der Waals surface area contributed by atoms with Gasteiger partial charge in [0.1, 0.15) is 11.9 Å². The smallest absolute Gasteiger partial charge is 0.266 e. The molecular weight excluding hydrogens is 437 g/mol. The summed E-state index contributed by atoms with van der Waals surface area (Å²) in [6.45, 7) is 4.13. The van der Waals surface area contributed by atoms with Gasteiger partial charge >= 0.3 is 0 Å². The first-order valence-electron chi connectivity index (χ1n) is 10.9. The van der Waals surface area contributed by atoms with Crippen LogP contribution < -0.4 is 10.2 Å². The first-order chi connectivity index (χ1) is 15.3. The molecule has 0 aliphatic carbocycles. The minimum Gasteiger partial charge on any atom is -0.371 e. The van der Waals surface area contributed by atoms with E-state index in [9.17, 15) is 17.6 Å². The van der Waals surface area contributed by atoms with Gasteiger partial charge in [-0.05, 0) is 49.0 Å². The van der Waals surface area contributed by atoms with Crippen molar-refractivity contribution < 1.29 is 22.1 Å². The number of carbonyl (C=O) groups excluding carboxylic acids is 1.